The van der Waals surface area contributed by atoms with Gasteiger partial charge in [0.25, 0.3) is 11.1 Å². The molecule has 1 amide bonds. The molecule has 0 aliphatic carbocycles. The van der Waals surface area contributed by atoms with E-state index in [4.69, 9.17) is 5.73 Å². The van der Waals surface area contributed by atoms with Crippen molar-refractivity contribution in [2.24, 2.45) is 0 Å². The second-order valence-electron chi connectivity index (χ2n) is 7.33. The first-order valence-electron chi connectivity index (χ1n) is 10.2. The van der Waals surface area contributed by atoms with Crippen LogP contribution in [0, 0.1) is 0 Å². The molecule has 10 heteroatoms. The van der Waals surface area contributed by atoms with Crippen molar-refractivity contribution in [1.29, 1.82) is 0 Å². The van der Waals surface area contributed by atoms with E-state index < -0.39 is 11.2 Å². The normalized spacial score (nSPS) is 11.0. The molecule has 0 fully saturated rings. The summed E-state index contributed by atoms with van der Waals surface area (Å²) in [6, 6.07) is 7.03. The minimum Gasteiger partial charge on any atom is -0.383 e. The molecule has 0 aliphatic heterocycles. The number of anilines is 2. The number of hydrogen-bond donors (Lipinski definition) is 3. The van der Waals surface area contributed by atoms with E-state index in [0.29, 0.717) is 42.5 Å². The number of nitrogen functional groups attached to an aromatic ring is 1. The zero-order chi connectivity index (χ0) is 22.5. The Bertz CT molecular complexity index is 1270. The van der Waals surface area contributed by atoms with Gasteiger partial charge in [-0.2, -0.15) is 0 Å². The van der Waals surface area contributed by atoms with Crippen LogP contribution in [0.2, 0.25) is 0 Å². The molecule has 2 aromatic heterocycles. The van der Waals surface area contributed by atoms with Gasteiger partial charge in [-0.3, -0.25) is 23.9 Å². The zero-order valence-corrected chi connectivity index (χ0v) is 17.6. The fourth-order valence-electron chi connectivity index (χ4n) is 3.39. The summed E-state index contributed by atoms with van der Waals surface area (Å²) in [6.45, 7) is 2.33. The minimum absolute atomic E-state index is 0.0291. The number of aromatic amines is 2. The number of rotatable bonds is 8. The van der Waals surface area contributed by atoms with Crippen LogP contribution in [0.15, 0.2) is 38.6 Å². The number of amides is 1. The van der Waals surface area contributed by atoms with E-state index in [1.807, 2.05) is 6.92 Å². The van der Waals surface area contributed by atoms with Crippen molar-refractivity contribution in [1.82, 2.24) is 19.5 Å². The predicted octanol–water partition coefficient (Wildman–Crippen LogP) is 1.14. The van der Waals surface area contributed by atoms with E-state index in [1.54, 1.807) is 24.3 Å². The van der Waals surface area contributed by atoms with Crippen LogP contribution in [-0.4, -0.2) is 32.5 Å². The Balaban J connectivity index is 1.72. The molecule has 0 atom stereocenters. The van der Waals surface area contributed by atoms with Gasteiger partial charge in [0.2, 0.25) is 5.91 Å². The molecule has 164 valence electrons. The van der Waals surface area contributed by atoms with E-state index in [0.717, 1.165) is 6.42 Å². The number of nitrogens with one attached hydrogen (secondary N) is 2. The SMILES string of the molecule is CCCCn1c(N)c(N(C)C(=O)CCCc2nc3ccccc3c(=O)[nH]2)c(=O)[nH]c1=O. The van der Waals surface area contributed by atoms with Gasteiger partial charge in [0.1, 0.15) is 11.6 Å². The lowest BCUT2D eigenvalue weighted by atomic mass is 10.2. The molecular formula is C21H26N6O4. The second kappa shape index (κ2) is 9.41. The van der Waals surface area contributed by atoms with Crippen LogP contribution in [0.3, 0.4) is 0 Å². The summed E-state index contributed by atoms with van der Waals surface area (Å²) in [6.07, 6.45) is 2.48. The molecule has 0 saturated carbocycles. The predicted molar refractivity (Wildman–Crippen MR) is 119 cm³/mol. The van der Waals surface area contributed by atoms with Gasteiger partial charge in [0.05, 0.1) is 10.9 Å². The number of fused-ring (bicyclic) bond motifs is 1. The standard InChI is InChI=1S/C21H26N6O4/c1-3-4-12-27-18(22)17(20(30)25-21(27)31)26(2)16(28)11-7-10-15-23-14-9-6-5-8-13(14)19(29)24-15/h5-6,8-9H,3-4,7,10-12,22H2,1-2H3,(H,23,24,29)(H,25,30,31). The van der Waals surface area contributed by atoms with Crippen molar-refractivity contribution in [3.63, 3.8) is 0 Å². The molecule has 0 bridgehead atoms. The van der Waals surface area contributed by atoms with Gasteiger partial charge in [-0.15, -0.1) is 0 Å². The largest absolute Gasteiger partial charge is 0.383 e. The first-order valence-corrected chi connectivity index (χ1v) is 10.2. The highest BCUT2D eigenvalue weighted by Gasteiger charge is 2.20. The molecule has 2 heterocycles. The topological polar surface area (TPSA) is 147 Å². The summed E-state index contributed by atoms with van der Waals surface area (Å²) >= 11 is 0. The Kier molecular flexibility index (Phi) is 6.68. The Hall–Kier alpha value is -3.69. The van der Waals surface area contributed by atoms with Crippen molar-refractivity contribution in [3.05, 3.63) is 61.3 Å². The van der Waals surface area contributed by atoms with Crippen LogP contribution in [-0.2, 0) is 17.8 Å². The quantitative estimate of drug-likeness (QED) is 0.492. The lowest BCUT2D eigenvalue weighted by molar-refractivity contribution is -0.118. The third-order valence-electron chi connectivity index (χ3n) is 5.13. The third-order valence-corrected chi connectivity index (χ3v) is 5.13. The van der Waals surface area contributed by atoms with Gasteiger partial charge in [-0.05, 0) is 25.0 Å². The van der Waals surface area contributed by atoms with Crippen molar-refractivity contribution >= 4 is 28.3 Å². The molecule has 1 aromatic carbocycles. The van der Waals surface area contributed by atoms with Crippen LogP contribution in [0.5, 0.6) is 0 Å². The fourth-order valence-corrected chi connectivity index (χ4v) is 3.39. The average Bonchev–Trinajstić information content (AvgIpc) is 2.73. The number of carbonyl (C=O) groups excluding carboxylic acids is 1. The minimum atomic E-state index is -0.702. The highest BCUT2D eigenvalue weighted by atomic mass is 16.2. The van der Waals surface area contributed by atoms with Crippen molar-refractivity contribution in [2.75, 3.05) is 17.7 Å². The number of nitrogens with zero attached hydrogens (tertiary/aromatic N) is 3. The van der Waals surface area contributed by atoms with E-state index >= 15 is 0 Å². The maximum absolute atomic E-state index is 12.7. The number of unbranched alkanes of at least 4 members (excludes halogenated alkanes) is 1. The zero-order valence-electron chi connectivity index (χ0n) is 17.6. The number of nitrogens with two attached hydrogens (primary N) is 1. The molecule has 31 heavy (non-hydrogen) atoms. The van der Waals surface area contributed by atoms with Crippen LogP contribution in [0.4, 0.5) is 11.5 Å². The molecule has 0 spiro atoms. The third kappa shape index (κ3) is 4.73. The Morgan fingerprint density at radius 3 is 2.61 bits per heavy atom. The van der Waals surface area contributed by atoms with E-state index in [2.05, 4.69) is 15.0 Å². The molecule has 0 saturated heterocycles. The number of para-hydroxylation sites is 1. The van der Waals surface area contributed by atoms with Crippen molar-refractivity contribution in [2.45, 2.75) is 45.6 Å². The number of hydrogen-bond acceptors (Lipinski definition) is 6. The molecule has 0 aliphatic rings. The molecule has 4 N–H and O–H groups in total. The van der Waals surface area contributed by atoms with Gasteiger partial charge in [-0.1, -0.05) is 25.5 Å². The number of H-pyrrole nitrogens is 2. The fraction of sp³-hybridized carbons (Fsp3) is 0.381. The molecule has 10 nitrogen and oxygen atoms in total. The summed E-state index contributed by atoms with van der Waals surface area (Å²) < 4.78 is 1.27. The maximum Gasteiger partial charge on any atom is 0.330 e. The highest BCUT2D eigenvalue weighted by molar-refractivity contribution is 5.94. The van der Waals surface area contributed by atoms with Crippen molar-refractivity contribution < 1.29 is 4.79 Å². The van der Waals surface area contributed by atoms with E-state index in [-0.39, 0.29) is 29.4 Å². The van der Waals surface area contributed by atoms with Crippen molar-refractivity contribution in [3.8, 4) is 0 Å². The van der Waals surface area contributed by atoms with E-state index in [1.165, 1.54) is 16.5 Å². The summed E-state index contributed by atoms with van der Waals surface area (Å²) in [4.78, 5) is 59.7. The number of aromatic nitrogens is 4. The molecular weight excluding hydrogens is 400 g/mol. The van der Waals surface area contributed by atoms with Crippen LogP contribution in [0.1, 0.15) is 38.4 Å². The number of aryl methyl sites for hydroxylation is 1. The second-order valence-corrected chi connectivity index (χ2v) is 7.33. The van der Waals surface area contributed by atoms with E-state index in [9.17, 15) is 19.2 Å². The Morgan fingerprint density at radius 1 is 1.13 bits per heavy atom. The van der Waals surface area contributed by atoms with Crippen LogP contribution < -0.4 is 27.4 Å². The Labute approximate surface area is 177 Å². The van der Waals surface area contributed by atoms with Crippen LogP contribution >= 0.6 is 0 Å². The molecule has 0 unspecified atom stereocenters. The molecule has 0 radical (unpaired) electrons. The molecule has 3 aromatic rings. The van der Waals surface area contributed by atoms with Gasteiger partial charge in [0.15, 0.2) is 5.69 Å². The highest BCUT2D eigenvalue weighted by Crippen LogP contribution is 2.17. The summed E-state index contributed by atoms with van der Waals surface area (Å²) in [5, 5.41) is 0.509. The first kappa shape index (κ1) is 22.0. The first-order chi connectivity index (χ1) is 14.8. The summed E-state index contributed by atoms with van der Waals surface area (Å²) in [5.41, 5.74) is 5.09. The number of benzene rings is 1. The smallest absolute Gasteiger partial charge is 0.330 e. The monoisotopic (exact) mass is 426 g/mol. The van der Waals surface area contributed by atoms with Gasteiger partial charge >= 0.3 is 5.69 Å². The van der Waals surface area contributed by atoms with Gasteiger partial charge in [-0.25, -0.2) is 9.78 Å². The number of carbonyl (C=O) groups is 1. The van der Waals surface area contributed by atoms with Gasteiger partial charge < -0.3 is 15.6 Å². The molecule has 3 rings (SSSR count). The lowest BCUT2D eigenvalue weighted by Gasteiger charge is -2.20. The Morgan fingerprint density at radius 2 is 1.87 bits per heavy atom. The summed E-state index contributed by atoms with van der Waals surface area (Å²) in [5.74, 6) is 0.129. The lowest BCUT2D eigenvalue weighted by Crippen LogP contribution is -2.39. The average molecular weight is 426 g/mol. The maximum atomic E-state index is 12.7. The van der Waals surface area contributed by atoms with Crippen LogP contribution in [0.25, 0.3) is 10.9 Å². The summed E-state index contributed by atoms with van der Waals surface area (Å²) in [7, 11) is 1.45. The van der Waals surface area contributed by atoms with Gasteiger partial charge in [0, 0.05) is 26.4 Å².